The third-order valence-corrected chi connectivity index (χ3v) is 3.24. The van der Waals surface area contributed by atoms with Crippen molar-refractivity contribution < 1.29 is 23.5 Å². The van der Waals surface area contributed by atoms with Gasteiger partial charge in [0.15, 0.2) is 12.4 Å². The van der Waals surface area contributed by atoms with Gasteiger partial charge in [0.25, 0.3) is 5.91 Å². The molecule has 24 heavy (non-hydrogen) atoms. The van der Waals surface area contributed by atoms with Crippen LogP contribution >= 0.6 is 0 Å². The summed E-state index contributed by atoms with van der Waals surface area (Å²) in [6.45, 7) is 0.874. The Hall–Kier alpha value is -3.02. The lowest BCUT2D eigenvalue weighted by Gasteiger charge is -2.09. The van der Waals surface area contributed by atoms with E-state index in [-0.39, 0.29) is 17.8 Å². The number of rotatable bonds is 6. The van der Waals surface area contributed by atoms with Crippen molar-refractivity contribution in [1.82, 2.24) is 0 Å². The maximum absolute atomic E-state index is 13.4. The number of hydrogen-bond acceptors (Lipinski definition) is 4. The summed E-state index contributed by atoms with van der Waals surface area (Å²) in [5.74, 6) is -1.99. The highest BCUT2D eigenvalue weighted by Gasteiger charge is 2.13. The molecule has 2 aromatic carbocycles. The molecule has 0 spiro atoms. The van der Waals surface area contributed by atoms with Crippen molar-refractivity contribution in [3.63, 3.8) is 0 Å². The summed E-state index contributed by atoms with van der Waals surface area (Å²) in [7, 11) is 0. The van der Waals surface area contributed by atoms with Gasteiger partial charge in [-0.05, 0) is 30.7 Å². The van der Waals surface area contributed by atoms with E-state index in [0.29, 0.717) is 11.3 Å². The van der Waals surface area contributed by atoms with E-state index in [4.69, 9.17) is 4.74 Å². The van der Waals surface area contributed by atoms with Crippen molar-refractivity contribution in [1.29, 1.82) is 0 Å². The average molecular weight is 329 g/mol. The molecule has 124 valence electrons. The van der Waals surface area contributed by atoms with E-state index < -0.39 is 24.3 Å². The summed E-state index contributed by atoms with van der Waals surface area (Å²) < 4.78 is 18.3. The molecule has 0 saturated heterocycles. The molecule has 1 amide bonds. The van der Waals surface area contributed by atoms with Crippen LogP contribution in [0.1, 0.15) is 22.8 Å². The van der Waals surface area contributed by atoms with Gasteiger partial charge >= 0.3 is 5.97 Å². The van der Waals surface area contributed by atoms with Crippen molar-refractivity contribution in [3.05, 3.63) is 65.5 Å². The molecule has 0 heterocycles. The van der Waals surface area contributed by atoms with Gasteiger partial charge in [0.05, 0.1) is 12.1 Å². The minimum Gasteiger partial charge on any atom is -0.455 e. The van der Waals surface area contributed by atoms with E-state index in [9.17, 15) is 18.8 Å². The minimum atomic E-state index is -0.713. The number of ether oxygens (including phenoxy) is 1. The second-order valence-electron chi connectivity index (χ2n) is 5.08. The van der Waals surface area contributed by atoms with E-state index >= 15 is 0 Å². The molecule has 0 fully saturated rings. The average Bonchev–Trinajstić information content (AvgIpc) is 2.55. The molecule has 6 heteroatoms. The number of Topliss-reactive ketones (excluding diaryl/α,β-unsaturated/α-hetero) is 1. The fourth-order valence-corrected chi connectivity index (χ4v) is 2.08. The summed E-state index contributed by atoms with van der Waals surface area (Å²) >= 11 is 0. The summed E-state index contributed by atoms with van der Waals surface area (Å²) in [5, 5.41) is 2.51. The highest BCUT2D eigenvalue weighted by Crippen LogP contribution is 2.15. The number of esters is 1. The largest absolute Gasteiger partial charge is 0.455 e. The third kappa shape index (κ3) is 4.74. The van der Waals surface area contributed by atoms with Crippen LogP contribution in [0.15, 0.2) is 48.5 Å². The predicted octanol–water partition coefficient (Wildman–Crippen LogP) is 2.75. The normalized spacial score (nSPS) is 10.1. The van der Waals surface area contributed by atoms with Gasteiger partial charge in [0.1, 0.15) is 5.82 Å². The number of benzene rings is 2. The molecule has 1 N–H and O–H groups in total. The lowest BCUT2D eigenvalue weighted by atomic mass is 10.1. The Labute approximate surface area is 138 Å². The Morgan fingerprint density at radius 3 is 2.42 bits per heavy atom. The first kappa shape index (κ1) is 17.3. The zero-order chi connectivity index (χ0) is 17.5. The zero-order valence-corrected chi connectivity index (χ0v) is 13.0. The van der Waals surface area contributed by atoms with Gasteiger partial charge in [0.2, 0.25) is 0 Å². The Balaban J connectivity index is 1.89. The maximum Gasteiger partial charge on any atom is 0.310 e. The smallest absolute Gasteiger partial charge is 0.310 e. The summed E-state index contributed by atoms with van der Waals surface area (Å²) in [6, 6.07) is 12.4. The van der Waals surface area contributed by atoms with Gasteiger partial charge in [-0.25, -0.2) is 4.39 Å². The highest BCUT2D eigenvalue weighted by atomic mass is 19.1. The Morgan fingerprint density at radius 1 is 1.04 bits per heavy atom. The molecule has 0 bridgehead atoms. The van der Waals surface area contributed by atoms with Gasteiger partial charge < -0.3 is 10.1 Å². The first-order valence-electron chi connectivity index (χ1n) is 7.26. The van der Waals surface area contributed by atoms with Crippen molar-refractivity contribution in [3.8, 4) is 0 Å². The molecule has 2 rings (SSSR count). The molecule has 0 radical (unpaired) electrons. The number of hydrogen-bond donors (Lipinski definition) is 1. The number of nitrogens with one attached hydrogen (secondary N) is 1. The molecule has 0 atom stereocenters. The summed E-state index contributed by atoms with van der Waals surface area (Å²) in [5.41, 5.74) is 0.911. The van der Waals surface area contributed by atoms with Crippen LogP contribution in [0.4, 0.5) is 10.1 Å². The van der Waals surface area contributed by atoms with Gasteiger partial charge in [-0.1, -0.05) is 30.3 Å². The quantitative estimate of drug-likeness (QED) is 0.653. The number of para-hydroxylation sites is 1. The molecule has 0 unspecified atom stereocenters. The van der Waals surface area contributed by atoms with Crippen LogP contribution in [0.2, 0.25) is 0 Å². The second kappa shape index (κ2) is 8.01. The zero-order valence-electron chi connectivity index (χ0n) is 13.0. The summed E-state index contributed by atoms with van der Waals surface area (Å²) in [6.07, 6.45) is -0.260. The van der Waals surface area contributed by atoms with Crippen LogP contribution < -0.4 is 5.32 Å². The number of amides is 1. The van der Waals surface area contributed by atoms with Crippen LogP contribution in [0, 0.1) is 5.82 Å². The SMILES string of the molecule is CC(=O)c1ccccc1NC(=O)COC(=O)Cc1ccccc1F. The molecule has 0 aliphatic rings. The number of ketones is 1. The molecule has 0 saturated carbocycles. The van der Waals surface area contributed by atoms with E-state index in [2.05, 4.69) is 5.32 Å². The minimum absolute atomic E-state index is 0.192. The Morgan fingerprint density at radius 2 is 1.71 bits per heavy atom. The number of carbonyl (C=O) groups is 3. The fraction of sp³-hybridized carbons (Fsp3) is 0.167. The number of halogens is 1. The van der Waals surface area contributed by atoms with Crippen LogP contribution in [-0.2, 0) is 20.7 Å². The molecule has 0 aliphatic heterocycles. The lowest BCUT2D eigenvalue weighted by molar-refractivity contribution is -0.146. The maximum atomic E-state index is 13.4. The van der Waals surface area contributed by atoms with Crippen molar-refractivity contribution in [2.75, 3.05) is 11.9 Å². The first-order valence-corrected chi connectivity index (χ1v) is 7.26. The monoisotopic (exact) mass is 329 g/mol. The molecule has 0 aliphatic carbocycles. The van der Waals surface area contributed by atoms with Gasteiger partial charge in [-0.2, -0.15) is 0 Å². The van der Waals surface area contributed by atoms with Gasteiger partial charge in [-0.15, -0.1) is 0 Å². The topological polar surface area (TPSA) is 72.5 Å². The van der Waals surface area contributed by atoms with Crippen molar-refractivity contribution in [2.24, 2.45) is 0 Å². The van der Waals surface area contributed by atoms with E-state index in [1.54, 1.807) is 30.3 Å². The van der Waals surface area contributed by atoms with Crippen LogP contribution in [0.5, 0.6) is 0 Å². The standard InChI is InChI=1S/C18H16FNO4/c1-12(21)14-7-3-5-9-16(14)20-17(22)11-24-18(23)10-13-6-2-4-8-15(13)19/h2-9H,10-11H2,1H3,(H,20,22). The molecular formula is C18H16FNO4. The second-order valence-corrected chi connectivity index (χ2v) is 5.08. The first-order chi connectivity index (χ1) is 11.5. The van der Waals surface area contributed by atoms with E-state index in [0.717, 1.165) is 0 Å². The molecule has 5 nitrogen and oxygen atoms in total. The fourth-order valence-electron chi connectivity index (χ4n) is 2.08. The number of carbonyl (C=O) groups excluding carboxylic acids is 3. The third-order valence-electron chi connectivity index (χ3n) is 3.24. The highest BCUT2D eigenvalue weighted by molar-refractivity contribution is 6.04. The molecule has 2 aromatic rings. The predicted molar refractivity (Wildman–Crippen MR) is 86.1 cm³/mol. The van der Waals surface area contributed by atoms with E-state index in [1.807, 2.05) is 0 Å². The number of anilines is 1. The lowest BCUT2D eigenvalue weighted by Crippen LogP contribution is -2.22. The molecular weight excluding hydrogens is 313 g/mol. The van der Waals surface area contributed by atoms with Crippen LogP contribution in [-0.4, -0.2) is 24.3 Å². The summed E-state index contributed by atoms with van der Waals surface area (Å²) in [4.78, 5) is 35.0. The van der Waals surface area contributed by atoms with Crippen LogP contribution in [0.25, 0.3) is 0 Å². The van der Waals surface area contributed by atoms with Crippen molar-refractivity contribution in [2.45, 2.75) is 13.3 Å². The van der Waals surface area contributed by atoms with Gasteiger partial charge in [-0.3, -0.25) is 14.4 Å². The Bertz CT molecular complexity index is 773. The van der Waals surface area contributed by atoms with Crippen LogP contribution in [0.3, 0.4) is 0 Å². The van der Waals surface area contributed by atoms with E-state index in [1.165, 1.54) is 25.1 Å². The van der Waals surface area contributed by atoms with Gasteiger partial charge in [0, 0.05) is 5.56 Å². The molecule has 0 aromatic heterocycles. The Kier molecular flexibility index (Phi) is 5.78. The van der Waals surface area contributed by atoms with Crippen molar-refractivity contribution >= 4 is 23.3 Å².